The number of aromatic nitrogens is 2. The van der Waals surface area contributed by atoms with Gasteiger partial charge in [-0.05, 0) is 24.5 Å². The zero-order valence-corrected chi connectivity index (χ0v) is 12.8. The number of nitrogens with zero attached hydrogens (tertiary/aromatic N) is 1. The first-order valence-electron chi connectivity index (χ1n) is 7.12. The number of carbonyl (C=O) groups excluding carboxylic acids is 1. The lowest BCUT2D eigenvalue weighted by Crippen LogP contribution is -2.25. The number of aryl methyl sites for hydroxylation is 2. The fraction of sp³-hybridized carbons (Fsp3) is 0.467. The summed E-state index contributed by atoms with van der Waals surface area (Å²) in [6, 6.07) is 2.04. The fourth-order valence-electron chi connectivity index (χ4n) is 2.13. The van der Waals surface area contributed by atoms with E-state index in [1.54, 1.807) is 23.7 Å². The minimum Gasteiger partial charge on any atom is -0.351 e. The van der Waals surface area contributed by atoms with Crippen molar-refractivity contribution in [3.63, 3.8) is 0 Å². The van der Waals surface area contributed by atoms with Gasteiger partial charge in [0, 0.05) is 30.2 Å². The Bertz CT molecular complexity index is 545. The van der Waals surface area contributed by atoms with Crippen molar-refractivity contribution in [1.29, 1.82) is 0 Å². The van der Waals surface area contributed by atoms with Crippen molar-refractivity contribution in [3.8, 4) is 0 Å². The van der Waals surface area contributed by atoms with Crippen LogP contribution < -0.4 is 5.32 Å². The van der Waals surface area contributed by atoms with Gasteiger partial charge in [-0.15, -0.1) is 11.3 Å². The highest BCUT2D eigenvalue weighted by Gasteiger charge is 2.13. The predicted octanol–water partition coefficient (Wildman–Crippen LogP) is 2.96. The molecule has 1 amide bonds. The Hall–Kier alpha value is -1.62. The molecule has 0 fully saturated rings. The van der Waals surface area contributed by atoms with Gasteiger partial charge in [-0.1, -0.05) is 20.3 Å². The van der Waals surface area contributed by atoms with Gasteiger partial charge >= 0.3 is 0 Å². The lowest BCUT2D eigenvalue weighted by Gasteiger charge is -2.01. The van der Waals surface area contributed by atoms with Gasteiger partial charge in [0.25, 0.3) is 5.91 Å². The molecular formula is C15H21N3OS. The van der Waals surface area contributed by atoms with Gasteiger partial charge in [0.1, 0.15) is 5.82 Å². The highest BCUT2D eigenvalue weighted by Crippen LogP contribution is 2.24. The molecule has 2 aromatic rings. The number of carbonyl (C=O) groups is 1. The molecule has 0 bridgehead atoms. The molecule has 0 unspecified atom stereocenters. The number of H-pyrrole nitrogens is 1. The third kappa shape index (κ3) is 3.70. The molecule has 0 aliphatic rings. The summed E-state index contributed by atoms with van der Waals surface area (Å²) in [7, 11) is 0. The third-order valence-corrected chi connectivity index (χ3v) is 4.42. The van der Waals surface area contributed by atoms with E-state index in [-0.39, 0.29) is 5.91 Å². The highest BCUT2D eigenvalue weighted by atomic mass is 32.1. The largest absolute Gasteiger partial charge is 0.351 e. The Morgan fingerprint density at radius 3 is 2.90 bits per heavy atom. The van der Waals surface area contributed by atoms with Crippen LogP contribution in [0.5, 0.6) is 0 Å². The summed E-state index contributed by atoms with van der Waals surface area (Å²) in [5, 5.41) is 2.96. The molecule has 0 saturated carbocycles. The molecule has 0 aliphatic carbocycles. The van der Waals surface area contributed by atoms with E-state index in [4.69, 9.17) is 0 Å². The van der Waals surface area contributed by atoms with E-state index in [0.29, 0.717) is 6.54 Å². The van der Waals surface area contributed by atoms with Crippen LogP contribution in [-0.4, -0.2) is 22.4 Å². The summed E-state index contributed by atoms with van der Waals surface area (Å²) in [6.07, 6.45) is 7.42. The van der Waals surface area contributed by atoms with Crippen molar-refractivity contribution in [2.75, 3.05) is 6.54 Å². The maximum Gasteiger partial charge on any atom is 0.261 e. The molecule has 0 spiro atoms. The molecule has 2 heterocycles. The standard InChI is InChI=1S/C15H21N3OS/c1-3-5-12-11(4-2)10-13(20-12)15(19)18-7-6-14-16-8-9-17-14/h8-10H,3-7H2,1-2H3,(H,16,17)(H,18,19). The van der Waals surface area contributed by atoms with Gasteiger partial charge in [-0.3, -0.25) is 4.79 Å². The van der Waals surface area contributed by atoms with Crippen molar-refractivity contribution in [2.24, 2.45) is 0 Å². The lowest BCUT2D eigenvalue weighted by molar-refractivity contribution is 0.0958. The first kappa shape index (κ1) is 14.8. The zero-order chi connectivity index (χ0) is 14.4. The van der Waals surface area contributed by atoms with Crippen LogP contribution >= 0.6 is 11.3 Å². The Morgan fingerprint density at radius 2 is 2.25 bits per heavy atom. The first-order chi connectivity index (χ1) is 9.74. The molecule has 108 valence electrons. The molecule has 0 aromatic carbocycles. The van der Waals surface area contributed by atoms with Crippen molar-refractivity contribution in [1.82, 2.24) is 15.3 Å². The number of aromatic amines is 1. The second-order valence-corrected chi connectivity index (χ2v) is 5.84. The number of hydrogen-bond acceptors (Lipinski definition) is 3. The molecule has 5 heteroatoms. The highest BCUT2D eigenvalue weighted by molar-refractivity contribution is 7.14. The van der Waals surface area contributed by atoms with Crippen molar-refractivity contribution in [3.05, 3.63) is 39.6 Å². The fourth-order valence-corrected chi connectivity index (χ4v) is 3.40. The van der Waals surface area contributed by atoms with E-state index in [0.717, 1.165) is 36.4 Å². The summed E-state index contributed by atoms with van der Waals surface area (Å²) >= 11 is 1.63. The second-order valence-electron chi connectivity index (χ2n) is 4.70. The molecular weight excluding hydrogens is 270 g/mol. The van der Waals surface area contributed by atoms with E-state index in [2.05, 4.69) is 29.1 Å². The molecule has 0 saturated heterocycles. The molecule has 2 N–H and O–H groups in total. The first-order valence-corrected chi connectivity index (χ1v) is 7.94. The van der Waals surface area contributed by atoms with Crippen LogP contribution in [0.4, 0.5) is 0 Å². The molecule has 4 nitrogen and oxygen atoms in total. The Kier molecular flexibility index (Phi) is 5.35. The Morgan fingerprint density at radius 1 is 1.40 bits per heavy atom. The van der Waals surface area contributed by atoms with Crippen LogP contribution in [0.15, 0.2) is 18.5 Å². The van der Waals surface area contributed by atoms with Crippen LogP contribution in [-0.2, 0) is 19.3 Å². The number of amides is 1. The van der Waals surface area contributed by atoms with Gasteiger partial charge in [-0.2, -0.15) is 0 Å². The maximum absolute atomic E-state index is 12.1. The maximum atomic E-state index is 12.1. The zero-order valence-electron chi connectivity index (χ0n) is 12.0. The number of nitrogens with one attached hydrogen (secondary N) is 2. The molecule has 2 aromatic heterocycles. The summed E-state index contributed by atoms with van der Waals surface area (Å²) in [5.41, 5.74) is 1.31. The van der Waals surface area contributed by atoms with Gasteiger partial charge in [0.2, 0.25) is 0 Å². The summed E-state index contributed by atoms with van der Waals surface area (Å²) in [5.74, 6) is 0.927. The molecule has 0 aliphatic heterocycles. The average Bonchev–Trinajstić information content (AvgIpc) is 3.08. The van der Waals surface area contributed by atoms with Crippen LogP contribution in [0.3, 0.4) is 0 Å². The van der Waals surface area contributed by atoms with Gasteiger partial charge in [-0.25, -0.2) is 4.98 Å². The number of rotatable bonds is 7. The molecule has 2 rings (SSSR count). The summed E-state index contributed by atoms with van der Waals surface area (Å²) in [4.78, 5) is 21.5. The topological polar surface area (TPSA) is 57.8 Å². The third-order valence-electron chi connectivity index (χ3n) is 3.18. The normalized spacial score (nSPS) is 10.7. The summed E-state index contributed by atoms with van der Waals surface area (Å²) in [6.45, 7) is 4.91. The van der Waals surface area contributed by atoms with E-state index in [9.17, 15) is 4.79 Å². The SMILES string of the molecule is CCCc1sc(C(=O)NCCc2ncc[nH]2)cc1CC. The quantitative estimate of drug-likeness (QED) is 0.824. The van der Waals surface area contributed by atoms with E-state index in [1.807, 2.05) is 6.07 Å². The van der Waals surface area contributed by atoms with Crippen molar-refractivity contribution >= 4 is 17.2 Å². The molecule has 20 heavy (non-hydrogen) atoms. The smallest absolute Gasteiger partial charge is 0.261 e. The average molecular weight is 291 g/mol. The minimum atomic E-state index is 0.0265. The van der Waals surface area contributed by atoms with Gasteiger partial charge in [0.15, 0.2) is 0 Å². The predicted molar refractivity (Wildman–Crippen MR) is 82.3 cm³/mol. The van der Waals surface area contributed by atoms with Gasteiger partial charge in [0.05, 0.1) is 4.88 Å². The van der Waals surface area contributed by atoms with Gasteiger partial charge < -0.3 is 10.3 Å². The minimum absolute atomic E-state index is 0.0265. The van der Waals surface area contributed by atoms with Crippen LogP contribution in [0.2, 0.25) is 0 Å². The van der Waals surface area contributed by atoms with Crippen LogP contribution in [0.25, 0.3) is 0 Å². The summed E-state index contributed by atoms with van der Waals surface area (Å²) < 4.78 is 0. The number of thiophene rings is 1. The number of imidazole rings is 1. The van der Waals surface area contributed by atoms with Crippen LogP contribution in [0.1, 0.15) is 46.2 Å². The Balaban J connectivity index is 1.91. The Labute approximate surface area is 123 Å². The monoisotopic (exact) mass is 291 g/mol. The molecule has 0 atom stereocenters. The van der Waals surface area contributed by atoms with Crippen LogP contribution in [0, 0.1) is 0 Å². The lowest BCUT2D eigenvalue weighted by atomic mass is 10.1. The number of hydrogen-bond donors (Lipinski definition) is 2. The van der Waals surface area contributed by atoms with Crippen molar-refractivity contribution < 1.29 is 4.79 Å². The van der Waals surface area contributed by atoms with E-state index < -0.39 is 0 Å². The molecule has 0 radical (unpaired) electrons. The second kappa shape index (κ2) is 7.24. The van der Waals surface area contributed by atoms with E-state index in [1.165, 1.54) is 10.4 Å². The van der Waals surface area contributed by atoms with E-state index >= 15 is 0 Å². The van der Waals surface area contributed by atoms with Crippen molar-refractivity contribution in [2.45, 2.75) is 39.5 Å².